The highest BCUT2D eigenvalue weighted by Crippen LogP contribution is 2.14. The topological polar surface area (TPSA) is 113 Å². The Labute approximate surface area is 138 Å². The first-order valence-corrected chi connectivity index (χ1v) is 8.72. The van der Waals surface area contributed by atoms with Crippen LogP contribution in [0.4, 0.5) is 14.5 Å². The standard InChI is InChI=1S/C14H18F2N2O5S/c1-2-6-24(22,23)18-10-5-3-4-9(7-10)13(19)17-11(14(20)21)8-12(15)16/h3-5,7,11-12,18H,2,6,8H2,1H3,(H,17,19)(H,20,21). The highest BCUT2D eigenvalue weighted by molar-refractivity contribution is 7.92. The van der Waals surface area contributed by atoms with E-state index in [4.69, 9.17) is 5.11 Å². The van der Waals surface area contributed by atoms with Crippen molar-refractivity contribution in [3.63, 3.8) is 0 Å². The van der Waals surface area contributed by atoms with E-state index in [9.17, 15) is 26.8 Å². The summed E-state index contributed by atoms with van der Waals surface area (Å²) in [5.74, 6) is -2.57. The number of hydrogen-bond donors (Lipinski definition) is 3. The molecule has 0 radical (unpaired) electrons. The third kappa shape index (κ3) is 6.49. The monoisotopic (exact) mass is 364 g/mol. The van der Waals surface area contributed by atoms with E-state index in [1.807, 2.05) is 5.32 Å². The molecule has 0 saturated heterocycles. The molecule has 0 spiro atoms. The molecule has 1 rings (SSSR count). The molecule has 0 saturated carbocycles. The van der Waals surface area contributed by atoms with Crippen LogP contribution in [-0.4, -0.2) is 43.6 Å². The SMILES string of the molecule is CCCS(=O)(=O)Nc1cccc(C(=O)NC(CC(F)F)C(=O)O)c1. The van der Waals surface area contributed by atoms with Crippen molar-refractivity contribution in [1.29, 1.82) is 0 Å². The maximum absolute atomic E-state index is 12.3. The maximum atomic E-state index is 12.3. The van der Waals surface area contributed by atoms with Gasteiger partial charge in [0.1, 0.15) is 6.04 Å². The van der Waals surface area contributed by atoms with Gasteiger partial charge in [-0.1, -0.05) is 13.0 Å². The van der Waals surface area contributed by atoms with E-state index in [0.29, 0.717) is 6.42 Å². The van der Waals surface area contributed by atoms with Gasteiger partial charge in [0, 0.05) is 17.7 Å². The molecular weight excluding hydrogens is 346 g/mol. The Balaban J connectivity index is 2.88. The second-order valence-corrected chi connectivity index (χ2v) is 6.83. The zero-order valence-electron chi connectivity index (χ0n) is 12.8. The number of aliphatic carboxylic acids is 1. The molecule has 1 aromatic rings. The van der Waals surface area contributed by atoms with Crippen LogP contribution in [-0.2, 0) is 14.8 Å². The van der Waals surface area contributed by atoms with Crippen LogP contribution >= 0.6 is 0 Å². The van der Waals surface area contributed by atoms with Crippen molar-refractivity contribution in [2.75, 3.05) is 10.5 Å². The molecule has 1 aromatic carbocycles. The van der Waals surface area contributed by atoms with Crippen molar-refractivity contribution < 1.29 is 31.9 Å². The first-order valence-electron chi connectivity index (χ1n) is 7.07. The quantitative estimate of drug-likeness (QED) is 0.617. The summed E-state index contributed by atoms with van der Waals surface area (Å²) >= 11 is 0. The number of carbonyl (C=O) groups is 2. The van der Waals surface area contributed by atoms with Gasteiger partial charge in [-0.3, -0.25) is 9.52 Å². The predicted octanol–water partition coefficient (Wildman–Crippen LogP) is 1.68. The van der Waals surface area contributed by atoms with E-state index in [1.165, 1.54) is 24.3 Å². The molecule has 0 aliphatic rings. The van der Waals surface area contributed by atoms with E-state index in [-0.39, 0.29) is 17.0 Å². The van der Waals surface area contributed by atoms with Crippen molar-refractivity contribution in [2.24, 2.45) is 0 Å². The lowest BCUT2D eigenvalue weighted by molar-refractivity contribution is -0.140. The smallest absolute Gasteiger partial charge is 0.326 e. The minimum atomic E-state index is -3.55. The first-order chi connectivity index (χ1) is 11.1. The van der Waals surface area contributed by atoms with Gasteiger partial charge in [-0.05, 0) is 24.6 Å². The minimum absolute atomic E-state index is 0.0489. The van der Waals surface area contributed by atoms with Gasteiger partial charge in [0.2, 0.25) is 16.4 Å². The Bertz CT molecular complexity index is 694. The fourth-order valence-corrected chi connectivity index (χ4v) is 2.99. The predicted molar refractivity (Wildman–Crippen MR) is 83.7 cm³/mol. The van der Waals surface area contributed by atoms with Crippen LogP contribution in [0.25, 0.3) is 0 Å². The zero-order valence-corrected chi connectivity index (χ0v) is 13.6. The molecule has 0 heterocycles. The van der Waals surface area contributed by atoms with E-state index in [0.717, 1.165) is 0 Å². The summed E-state index contributed by atoms with van der Waals surface area (Å²) in [4.78, 5) is 22.9. The number of sulfonamides is 1. The number of anilines is 1. The molecule has 1 unspecified atom stereocenters. The van der Waals surface area contributed by atoms with Gasteiger partial charge >= 0.3 is 5.97 Å². The van der Waals surface area contributed by atoms with Crippen LogP contribution in [0.3, 0.4) is 0 Å². The zero-order chi connectivity index (χ0) is 18.3. The van der Waals surface area contributed by atoms with Crippen molar-refractivity contribution in [3.05, 3.63) is 29.8 Å². The van der Waals surface area contributed by atoms with Gasteiger partial charge in [0.05, 0.1) is 5.75 Å². The average molecular weight is 364 g/mol. The van der Waals surface area contributed by atoms with Crippen LogP contribution in [0.15, 0.2) is 24.3 Å². The van der Waals surface area contributed by atoms with Gasteiger partial charge in [0.25, 0.3) is 5.91 Å². The van der Waals surface area contributed by atoms with Crippen LogP contribution in [0.5, 0.6) is 0 Å². The normalized spacial score (nSPS) is 12.7. The summed E-state index contributed by atoms with van der Waals surface area (Å²) in [5.41, 5.74) is 0.0732. The third-order valence-electron chi connectivity index (χ3n) is 2.89. The Morgan fingerprint density at radius 3 is 2.50 bits per heavy atom. The molecule has 0 aromatic heterocycles. The van der Waals surface area contributed by atoms with E-state index in [1.54, 1.807) is 6.92 Å². The number of carboxylic acids is 1. The molecular formula is C14H18F2N2O5S. The van der Waals surface area contributed by atoms with E-state index < -0.39 is 40.8 Å². The van der Waals surface area contributed by atoms with Gasteiger partial charge in [0.15, 0.2) is 0 Å². The number of rotatable bonds is 9. The second kappa shape index (κ2) is 8.57. The van der Waals surface area contributed by atoms with Crippen LogP contribution < -0.4 is 10.0 Å². The minimum Gasteiger partial charge on any atom is -0.480 e. The van der Waals surface area contributed by atoms with Crippen molar-refractivity contribution in [2.45, 2.75) is 32.2 Å². The van der Waals surface area contributed by atoms with Gasteiger partial charge < -0.3 is 10.4 Å². The average Bonchev–Trinajstić information content (AvgIpc) is 2.45. The summed E-state index contributed by atoms with van der Waals surface area (Å²) in [6, 6.07) is 3.58. The molecule has 0 aliphatic carbocycles. The largest absolute Gasteiger partial charge is 0.480 e. The molecule has 1 atom stereocenters. The number of amides is 1. The number of nitrogens with one attached hydrogen (secondary N) is 2. The number of alkyl halides is 2. The molecule has 134 valence electrons. The van der Waals surface area contributed by atoms with Gasteiger partial charge in [-0.15, -0.1) is 0 Å². The molecule has 0 aliphatic heterocycles. The van der Waals surface area contributed by atoms with Crippen LogP contribution in [0, 0.1) is 0 Å². The fourth-order valence-electron chi connectivity index (χ4n) is 1.86. The summed E-state index contributed by atoms with van der Waals surface area (Å²) in [5, 5.41) is 10.8. The third-order valence-corrected chi connectivity index (χ3v) is 4.38. The lowest BCUT2D eigenvalue weighted by atomic mass is 10.1. The Morgan fingerprint density at radius 1 is 1.29 bits per heavy atom. The Hall–Kier alpha value is -2.23. The lowest BCUT2D eigenvalue weighted by Crippen LogP contribution is -2.42. The molecule has 0 fully saturated rings. The molecule has 3 N–H and O–H groups in total. The lowest BCUT2D eigenvalue weighted by Gasteiger charge is -2.14. The van der Waals surface area contributed by atoms with Gasteiger partial charge in [-0.2, -0.15) is 0 Å². The highest BCUT2D eigenvalue weighted by Gasteiger charge is 2.24. The summed E-state index contributed by atoms with van der Waals surface area (Å²) in [6.07, 6.45) is -3.51. The molecule has 0 bridgehead atoms. The molecule has 10 heteroatoms. The first kappa shape index (κ1) is 19.8. The second-order valence-electron chi connectivity index (χ2n) is 4.99. The van der Waals surface area contributed by atoms with E-state index in [2.05, 4.69) is 4.72 Å². The highest BCUT2D eigenvalue weighted by atomic mass is 32.2. The molecule has 7 nitrogen and oxygen atoms in total. The number of benzene rings is 1. The number of hydrogen-bond acceptors (Lipinski definition) is 4. The van der Waals surface area contributed by atoms with Crippen molar-refractivity contribution in [3.8, 4) is 0 Å². The number of carbonyl (C=O) groups excluding carboxylic acids is 1. The van der Waals surface area contributed by atoms with Crippen LogP contribution in [0.1, 0.15) is 30.1 Å². The molecule has 1 amide bonds. The van der Waals surface area contributed by atoms with Gasteiger partial charge in [-0.25, -0.2) is 22.0 Å². The maximum Gasteiger partial charge on any atom is 0.326 e. The number of halogens is 2. The Kier molecular flexibility index (Phi) is 7.08. The Morgan fingerprint density at radius 2 is 1.96 bits per heavy atom. The van der Waals surface area contributed by atoms with Crippen molar-refractivity contribution >= 4 is 27.6 Å². The van der Waals surface area contributed by atoms with Crippen molar-refractivity contribution in [1.82, 2.24) is 5.32 Å². The van der Waals surface area contributed by atoms with Crippen LogP contribution in [0.2, 0.25) is 0 Å². The molecule has 24 heavy (non-hydrogen) atoms. The number of carboxylic acid groups (broad SMARTS) is 1. The van der Waals surface area contributed by atoms with E-state index >= 15 is 0 Å². The summed E-state index contributed by atoms with van der Waals surface area (Å²) in [7, 11) is -3.55. The summed E-state index contributed by atoms with van der Waals surface area (Å²) in [6.45, 7) is 1.69. The summed E-state index contributed by atoms with van der Waals surface area (Å²) < 4.78 is 50.3. The fraction of sp³-hybridized carbons (Fsp3) is 0.429.